The Labute approximate surface area is 199 Å². The van der Waals surface area contributed by atoms with E-state index in [1.54, 1.807) is 0 Å². The summed E-state index contributed by atoms with van der Waals surface area (Å²) in [6.45, 7) is 3.82. The number of alkyl halides is 1. The van der Waals surface area contributed by atoms with Crippen LogP contribution in [0.15, 0.2) is 48.3 Å². The summed E-state index contributed by atoms with van der Waals surface area (Å²) < 4.78 is 20.8. The Morgan fingerprint density at radius 2 is 2.03 bits per heavy atom. The smallest absolute Gasteiger partial charge is 0.137 e. The van der Waals surface area contributed by atoms with Crippen LogP contribution in [0, 0.1) is 11.8 Å². The molecule has 1 aromatic carbocycles. The summed E-state index contributed by atoms with van der Waals surface area (Å²) in [5, 5.41) is 10.2. The number of halogens is 1. The second-order valence-corrected chi connectivity index (χ2v) is 10.1. The number of likely N-dealkylation sites (tertiary alicyclic amines) is 1. The van der Waals surface area contributed by atoms with Gasteiger partial charge < -0.3 is 14.2 Å². The summed E-state index contributed by atoms with van der Waals surface area (Å²) in [5.74, 6) is 0.953. The summed E-state index contributed by atoms with van der Waals surface area (Å²) in [7, 11) is 0. The van der Waals surface area contributed by atoms with Gasteiger partial charge in [-0.05, 0) is 78.6 Å². The second-order valence-electron chi connectivity index (χ2n) is 10.1. The molecule has 2 aromatic heterocycles. The van der Waals surface area contributed by atoms with Crippen molar-refractivity contribution < 1.29 is 14.2 Å². The molecule has 4 heterocycles. The Morgan fingerprint density at radius 3 is 2.85 bits per heavy atom. The normalized spacial score (nSPS) is 22.0. The third kappa shape index (κ3) is 4.14. The van der Waals surface area contributed by atoms with Crippen LogP contribution < -0.4 is 0 Å². The van der Waals surface area contributed by atoms with Crippen molar-refractivity contribution in [3.05, 3.63) is 70.7 Å². The molecule has 2 fully saturated rings. The number of aromatic hydroxyl groups is 1. The number of phenolic OH excluding ortho intramolecular Hbond substituents is 1. The zero-order valence-corrected chi connectivity index (χ0v) is 19.5. The number of rotatable bonds is 5. The van der Waals surface area contributed by atoms with E-state index in [0.29, 0.717) is 11.7 Å². The van der Waals surface area contributed by atoms with E-state index >= 15 is 0 Å². The van der Waals surface area contributed by atoms with Crippen molar-refractivity contribution in [3.8, 4) is 5.75 Å². The van der Waals surface area contributed by atoms with Gasteiger partial charge in [-0.3, -0.25) is 9.29 Å². The van der Waals surface area contributed by atoms with Gasteiger partial charge in [0.2, 0.25) is 0 Å². The average molecular weight is 462 g/mol. The molecule has 1 unspecified atom stereocenters. The number of pyridine rings is 1. The largest absolute Gasteiger partial charge is 0.508 e. The van der Waals surface area contributed by atoms with Gasteiger partial charge in [0, 0.05) is 50.5 Å². The van der Waals surface area contributed by atoms with Gasteiger partial charge in [0.25, 0.3) is 0 Å². The number of aryl methyl sites for hydroxylation is 1. The Hall–Kier alpha value is -2.70. The van der Waals surface area contributed by atoms with Crippen LogP contribution in [0.4, 0.5) is 4.39 Å². The van der Waals surface area contributed by atoms with Crippen molar-refractivity contribution in [1.29, 1.82) is 0 Å². The van der Waals surface area contributed by atoms with Crippen LogP contribution in [0.1, 0.15) is 48.1 Å². The molecule has 1 N–H and O–H groups in total. The van der Waals surface area contributed by atoms with Crippen molar-refractivity contribution in [3.63, 3.8) is 0 Å². The highest BCUT2D eigenvalue weighted by atomic mass is 19.1. The molecule has 6 rings (SSSR count). The monoisotopic (exact) mass is 461 g/mol. The quantitative estimate of drug-likeness (QED) is 0.581. The lowest BCUT2D eigenvalue weighted by Crippen LogP contribution is -2.46. The van der Waals surface area contributed by atoms with Gasteiger partial charge in [-0.2, -0.15) is 0 Å². The molecule has 1 atom stereocenters. The molecule has 0 radical (unpaired) electrons. The SMILES string of the molecule is Oc1ccc2c(c1)CCCC(C1CCCOC1)=C2c1ccn2cc(CN3CC(CF)C3)nc2c1. The van der Waals surface area contributed by atoms with Crippen LogP contribution in [0.5, 0.6) is 5.75 Å². The Kier molecular flexibility index (Phi) is 5.87. The molecule has 178 valence electrons. The van der Waals surface area contributed by atoms with Crippen LogP contribution in [0.25, 0.3) is 11.2 Å². The lowest BCUT2D eigenvalue weighted by atomic mass is 9.83. The molecule has 2 saturated heterocycles. The van der Waals surface area contributed by atoms with Crippen molar-refractivity contribution >= 4 is 11.2 Å². The second kappa shape index (κ2) is 9.16. The van der Waals surface area contributed by atoms with Crippen LogP contribution in [0.2, 0.25) is 0 Å². The van der Waals surface area contributed by atoms with Gasteiger partial charge in [-0.15, -0.1) is 0 Å². The zero-order chi connectivity index (χ0) is 23.1. The Morgan fingerprint density at radius 1 is 1.12 bits per heavy atom. The van der Waals surface area contributed by atoms with Crippen LogP contribution >= 0.6 is 0 Å². The molecule has 3 aromatic rings. The maximum Gasteiger partial charge on any atom is 0.137 e. The molecule has 0 amide bonds. The summed E-state index contributed by atoms with van der Waals surface area (Å²) in [6, 6.07) is 10.2. The first-order valence-corrected chi connectivity index (χ1v) is 12.6. The van der Waals surface area contributed by atoms with Gasteiger partial charge in [-0.25, -0.2) is 4.98 Å². The minimum absolute atomic E-state index is 0.188. The fraction of sp³-hybridized carbons (Fsp3) is 0.464. The van der Waals surface area contributed by atoms with E-state index in [0.717, 1.165) is 76.3 Å². The Bertz CT molecular complexity index is 1220. The number of nitrogens with zero attached hydrogens (tertiary/aromatic N) is 3. The topological polar surface area (TPSA) is 50.0 Å². The lowest BCUT2D eigenvalue weighted by molar-refractivity contribution is 0.0664. The summed E-state index contributed by atoms with van der Waals surface area (Å²) in [5.41, 5.74) is 8.36. The Balaban J connectivity index is 1.40. The molecule has 34 heavy (non-hydrogen) atoms. The van der Waals surface area contributed by atoms with E-state index < -0.39 is 0 Å². The molecule has 3 aliphatic rings. The lowest BCUT2D eigenvalue weighted by Gasteiger charge is -2.37. The van der Waals surface area contributed by atoms with Gasteiger partial charge >= 0.3 is 0 Å². The van der Waals surface area contributed by atoms with Gasteiger partial charge in [-0.1, -0.05) is 11.6 Å². The number of fused-ring (bicyclic) bond motifs is 2. The number of phenols is 1. The molecule has 0 saturated carbocycles. The van der Waals surface area contributed by atoms with Crippen LogP contribution in [0.3, 0.4) is 0 Å². The summed E-state index contributed by atoms with van der Waals surface area (Å²) in [4.78, 5) is 7.17. The van der Waals surface area contributed by atoms with Gasteiger partial charge in [0.05, 0.1) is 19.0 Å². The highest BCUT2D eigenvalue weighted by Gasteiger charge is 2.28. The van der Waals surface area contributed by atoms with E-state index in [4.69, 9.17) is 9.72 Å². The highest BCUT2D eigenvalue weighted by molar-refractivity contribution is 5.85. The molecular weight excluding hydrogens is 429 g/mol. The molecular formula is C28H32FN3O2. The first kappa shape index (κ1) is 21.8. The van der Waals surface area contributed by atoms with Crippen molar-refractivity contribution in [1.82, 2.24) is 14.3 Å². The van der Waals surface area contributed by atoms with Crippen LogP contribution in [-0.4, -0.2) is 52.4 Å². The number of benzene rings is 1. The van der Waals surface area contributed by atoms with E-state index in [-0.39, 0.29) is 12.6 Å². The highest BCUT2D eigenvalue weighted by Crippen LogP contribution is 2.41. The number of imidazole rings is 1. The number of hydrogen-bond donors (Lipinski definition) is 1. The molecule has 1 aliphatic carbocycles. The minimum Gasteiger partial charge on any atom is -0.508 e. The fourth-order valence-electron chi connectivity index (χ4n) is 5.96. The number of ether oxygens (including phenoxy) is 1. The van der Waals surface area contributed by atoms with Crippen LogP contribution in [-0.2, 0) is 17.7 Å². The third-order valence-corrected chi connectivity index (χ3v) is 7.66. The van der Waals surface area contributed by atoms with Gasteiger partial charge in [0.1, 0.15) is 11.4 Å². The first-order valence-electron chi connectivity index (χ1n) is 12.6. The maximum atomic E-state index is 12.8. The van der Waals surface area contributed by atoms with Crippen molar-refractivity contribution in [2.45, 2.75) is 38.6 Å². The summed E-state index contributed by atoms with van der Waals surface area (Å²) in [6.07, 6.45) is 9.56. The standard InChI is InChI=1S/C28H32FN3O2/c29-13-19-14-31(15-19)16-23-17-32-9-8-21(12-27(32)30-23)28-25(22-4-2-10-34-18-22)5-1-3-20-11-24(33)6-7-26(20)28/h6-9,11-12,17,19,22,33H,1-5,10,13-16,18H2. The molecule has 6 heteroatoms. The van der Waals surface area contributed by atoms with E-state index in [2.05, 4.69) is 39.9 Å². The van der Waals surface area contributed by atoms with Crippen molar-refractivity contribution in [2.24, 2.45) is 11.8 Å². The van der Waals surface area contributed by atoms with Gasteiger partial charge in [0.15, 0.2) is 0 Å². The molecule has 5 nitrogen and oxygen atoms in total. The summed E-state index contributed by atoms with van der Waals surface area (Å²) >= 11 is 0. The zero-order valence-electron chi connectivity index (χ0n) is 19.5. The number of hydrogen-bond acceptors (Lipinski definition) is 4. The molecule has 0 spiro atoms. The van der Waals surface area contributed by atoms with E-state index in [9.17, 15) is 9.50 Å². The maximum absolute atomic E-state index is 12.8. The molecule has 2 aliphatic heterocycles. The van der Waals surface area contributed by atoms with Crippen molar-refractivity contribution in [2.75, 3.05) is 33.0 Å². The number of aromatic nitrogens is 2. The minimum atomic E-state index is -0.228. The first-order chi connectivity index (χ1) is 16.7. The van der Waals surface area contributed by atoms with E-state index in [1.165, 1.54) is 27.8 Å². The average Bonchev–Trinajstić information content (AvgIpc) is 3.14. The molecule has 0 bridgehead atoms. The van der Waals surface area contributed by atoms with E-state index in [1.807, 2.05) is 12.1 Å². The predicted molar refractivity (Wildman–Crippen MR) is 131 cm³/mol. The fourth-order valence-corrected chi connectivity index (χ4v) is 5.96. The predicted octanol–water partition coefficient (Wildman–Crippen LogP) is 5.01. The third-order valence-electron chi connectivity index (χ3n) is 7.66.